The van der Waals surface area contributed by atoms with Gasteiger partial charge in [0.2, 0.25) is 0 Å². The molecule has 0 fully saturated rings. The van der Waals surface area contributed by atoms with Crippen molar-refractivity contribution in [1.29, 1.82) is 0 Å². The monoisotopic (exact) mass is 215 g/mol. The van der Waals surface area contributed by atoms with E-state index in [9.17, 15) is 0 Å². The van der Waals surface area contributed by atoms with E-state index < -0.39 is 0 Å². The number of aryl methyl sites for hydroxylation is 1. The lowest BCUT2D eigenvalue weighted by molar-refractivity contribution is 0.502. The van der Waals surface area contributed by atoms with Gasteiger partial charge < -0.3 is 4.98 Å². The van der Waals surface area contributed by atoms with E-state index >= 15 is 0 Å². The molecule has 0 spiro atoms. The van der Waals surface area contributed by atoms with Crippen LogP contribution in [0.4, 0.5) is 0 Å². The van der Waals surface area contributed by atoms with Crippen LogP contribution in [0.15, 0.2) is 24.4 Å². The Morgan fingerprint density at radius 3 is 2.81 bits per heavy atom. The summed E-state index contributed by atoms with van der Waals surface area (Å²) in [6.07, 6.45) is 5.89. The molecule has 2 aromatic rings. The quantitative estimate of drug-likeness (QED) is 0.673. The minimum Gasteiger partial charge on any atom is -0.361 e. The lowest BCUT2D eigenvalue weighted by Crippen LogP contribution is -2.10. The van der Waals surface area contributed by atoms with E-state index in [1.165, 1.54) is 30.2 Å². The molecule has 1 heterocycles. The van der Waals surface area contributed by atoms with Crippen LogP contribution in [0.25, 0.3) is 10.9 Å². The van der Waals surface area contributed by atoms with E-state index in [0.717, 1.165) is 5.92 Å². The van der Waals surface area contributed by atoms with Crippen molar-refractivity contribution in [2.75, 3.05) is 0 Å². The van der Waals surface area contributed by atoms with Crippen LogP contribution in [0.1, 0.15) is 38.3 Å². The minimum atomic E-state index is 0.860. The number of H-pyrrole nitrogens is 1. The van der Waals surface area contributed by atoms with Crippen molar-refractivity contribution in [3.8, 4) is 0 Å². The first-order valence-corrected chi connectivity index (χ1v) is 6.42. The van der Waals surface area contributed by atoms with Crippen LogP contribution in [0.2, 0.25) is 0 Å². The molecule has 1 aliphatic carbocycles. The van der Waals surface area contributed by atoms with Crippen molar-refractivity contribution in [3.05, 3.63) is 35.5 Å². The third kappa shape index (κ3) is 1.99. The number of benzene rings is 1. The molecule has 1 aromatic carbocycles. The first-order chi connectivity index (χ1) is 7.83. The summed E-state index contributed by atoms with van der Waals surface area (Å²) in [5, 5.41) is 1.36. The van der Waals surface area contributed by atoms with Crippen molar-refractivity contribution in [2.24, 2.45) is 5.92 Å². The second-order valence-electron chi connectivity index (χ2n) is 4.53. The summed E-state index contributed by atoms with van der Waals surface area (Å²) < 4.78 is 0. The highest BCUT2D eigenvalue weighted by Gasteiger charge is 2.15. The fourth-order valence-electron chi connectivity index (χ4n) is 2.49. The maximum Gasteiger partial charge on any atom is 0.0456 e. The average molecular weight is 215 g/mol. The third-order valence-electron chi connectivity index (χ3n) is 3.35. The summed E-state index contributed by atoms with van der Waals surface area (Å²) in [7, 11) is 0. The van der Waals surface area contributed by atoms with Crippen LogP contribution in [-0.2, 0) is 12.8 Å². The Morgan fingerprint density at radius 2 is 2.00 bits per heavy atom. The maximum atomic E-state index is 3.28. The molecular weight excluding hydrogens is 194 g/mol. The van der Waals surface area contributed by atoms with Gasteiger partial charge in [-0.1, -0.05) is 20.8 Å². The standard InChI is InChI=1S/C13H15N.C2H6/c1-9-2-3-10-8-13-11(4-5-14-13)7-12(10)6-9;1-2/h4-5,7-9,14H,2-3,6H2,1H3;1-2H3. The van der Waals surface area contributed by atoms with Crippen LogP contribution >= 0.6 is 0 Å². The number of nitrogens with one attached hydrogen (secondary N) is 1. The number of hydrogen-bond acceptors (Lipinski definition) is 0. The number of hydrogen-bond donors (Lipinski definition) is 1. The van der Waals surface area contributed by atoms with Crippen LogP contribution in [0, 0.1) is 5.92 Å². The molecule has 1 aliphatic rings. The zero-order valence-electron chi connectivity index (χ0n) is 10.5. The van der Waals surface area contributed by atoms with E-state index in [-0.39, 0.29) is 0 Å². The Bertz CT molecular complexity index is 467. The van der Waals surface area contributed by atoms with Gasteiger partial charge in [-0.3, -0.25) is 0 Å². The molecule has 3 rings (SSSR count). The second kappa shape index (κ2) is 4.73. The number of aromatic nitrogens is 1. The molecule has 0 saturated carbocycles. The van der Waals surface area contributed by atoms with Crippen LogP contribution in [-0.4, -0.2) is 4.98 Å². The SMILES string of the molecule is CC.CC1CCc2cc3[nH]ccc3cc2C1. The molecule has 1 N–H and O–H groups in total. The fraction of sp³-hybridized carbons (Fsp3) is 0.467. The summed E-state index contributed by atoms with van der Waals surface area (Å²) in [6.45, 7) is 6.35. The zero-order valence-corrected chi connectivity index (χ0v) is 10.5. The molecule has 16 heavy (non-hydrogen) atoms. The highest BCUT2D eigenvalue weighted by atomic mass is 14.7. The molecule has 1 nitrogen and oxygen atoms in total. The number of aromatic amines is 1. The molecule has 86 valence electrons. The van der Waals surface area contributed by atoms with Crippen LogP contribution in [0.3, 0.4) is 0 Å². The molecule has 1 unspecified atom stereocenters. The van der Waals surface area contributed by atoms with E-state index in [0.29, 0.717) is 0 Å². The molecular formula is C15H21N. The number of rotatable bonds is 0. The summed E-state index contributed by atoms with van der Waals surface area (Å²) in [5.74, 6) is 0.860. The van der Waals surface area contributed by atoms with E-state index in [1.807, 2.05) is 20.0 Å². The molecule has 1 heteroatoms. The molecule has 1 atom stereocenters. The Kier molecular flexibility index (Phi) is 3.33. The van der Waals surface area contributed by atoms with Gasteiger partial charge in [-0.2, -0.15) is 0 Å². The molecule has 0 radical (unpaired) electrons. The molecule has 0 amide bonds. The lowest BCUT2D eigenvalue weighted by atomic mass is 9.84. The summed E-state index contributed by atoms with van der Waals surface area (Å²) in [5.41, 5.74) is 4.41. The normalized spacial score (nSPS) is 18.8. The predicted molar refractivity (Wildman–Crippen MR) is 70.8 cm³/mol. The smallest absolute Gasteiger partial charge is 0.0456 e. The van der Waals surface area contributed by atoms with Gasteiger partial charge in [-0.05, 0) is 59.9 Å². The number of fused-ring (bicyclic) bond motifs is 2. The Balaban J connectivity index is 0.000000457. The second-order valence-corrected chi connectivity index (χ2v) is 4.53. The Morgan fingerprint density at radius 1 is 1.19 bits per heavy atom. The molecule has 0 aliphatic heterocycles. The van der Waals surface area contributed by atoms with Crippen molar-refractivity contribution in [3.63, 3.8) is 0 Å². The highest BCUT2D eigenvalue weighted by molar-refractivity contribution is 5.81. The Labute approximate surface area is 97.9 Å². The lowest BCUT2D eigenvalue weighted by Gasteiger charge is -2.21. The highest BCUT2D eigenvalue weighted by Crippen LogP contribution is 2.28. The van der Waals surface area contributed by atoms with Crippen molar-refractivity contribution in [1.82, 2.24) is 4.98 Å². The molecule has 0 bridgehead atoms. The summed E-state index contributed by atoms with van der Waals surface area (Å²) >= 11 is 0. The predicted octanol–water partition coefficient (Wildman–Crippen LogP) is 4.32. The van der Waals surface area contributed by atoms with Crippen LogP contribution in [0.5, 0.6) is 0 Å². The summed E-state index contributed by atoms with van der Waals surface area (Å²) in [6, 6.07) is 6.85. The molecule has 1 aromatic heterocycles. The van der Waals surface area contributed by atoms with Crippen molar-refractivity contribution < 1.29 is 0 Å². The summed E-state index contributed by atoms with van der Waals surface area (Å²) in [4.78, 5) is 3.28. The zero-order chi connectivity index (χ0) is 11.5. The van der Waals surface area contributed by atoms with Gasteiger partial charge in [0.1, 0.15) is 0 Å². The fourth-order valence-corrected chi connectivity index (χ4v) is 2.49. The minimum absolute atomic E-state index is 0.860. The van der Waals surface area contributed by atoms with Crippen molar-refractivity contribution in [2.45, 2.75) is 40.0 Å². The van der Waals surface area contributed by atoms with E-state index in [4.69, 9.17) is 0 Å². The van der Waals surface area contributed by atoms with Gasteiger partial charge in [0.25, 0.3) is 0 Å². The van der Waals surface area contributed by atoms with E-state index in [1.54, 1.807) is 11.1 Å². The van der Waals surface area contributed by atoms with Gasteiger partial charge in [-0.25, -0.2) is 0 Å². The largest absolute Gasteiger partial charge is 0.361 e. The Hall–Kier alpha value is -1.24. The van der Waals surface area contributed by atoms with Gasteiger partial charge >= 0.3 is 0 Å². The maximum absolute atomic E-state index is 3.28. The van der Waals surface area contributed by atoms with Crippen LogP contribution < -0.4 is 0 Å². The first-order valence-electron chi connectivity index (χ1n) is 6.42. The van der Waals surface area contributed by atoms with Gasteiger partial charge in [-0.15, -0.1) is 0 Å². The van der Waals surface area contributed by atoms with Crippen molar-refractivity contribution >= 4 is 10.9 Å². The first kappa shape index (κ1) is 11.3. The van der Waals surface area contributed by atoms with Gasteiger partial charge in [0, 0.05) is 11.7 Å². The van der Waals surface area contributed by atoms with Gasteiger partial charge in [0.05, 0.1) is 0 Å². The van der Waals surface area contributed by atoms with Gasteiger partial charge in [0.15, 0.2) is 0 Å². The molecule has 0 saturated heterocycles. The van der Waals surface area contributed by atoms with E-state index in [2.05, 4.69) is 30.1 Å². The average Bonchev–Trinajstić information content (AvgIpc) is 2.75. The topological polar surface area (TPSA) is 15.8 Å². The third-order valence-corrected chi connectivity index (χ3v) is 3.35.